The van der Waals surface area contributed by atoms with Gasteiger partial charge in [0.2, 0.25) is 0 Å². The Morgan fingerprint density at radius 2 is 1.48 bits per heavy atom. The number of imide groups is 1. The van der Waals surface area contributed by atoms with Crippen molar-refractivity contribution in [1.29, 1.82) is 0 Å². The number of hydrogen-bond donors (Lipinski definition) is 0. The average Bonchev–Trinajstić information content (AvgIpc) is 3.12. The van der Waals surface area contributed by atoms with Crippen molar-refractivity contribution >= 4 is 35.3 Å². The molecule has 3 amide bonds. The fraction of sp³-hybridized carbons (Fsp3) is 0.292. The maximum atomic E-state index is 12.6. The molecule has 170 valence electrons. The second-order valence-electron chi connectivity index (χ2n) is 7.79. The van der Waals surface area contributed by atoms with Gasteiger partial charge in [-0.1, -0.05) is 12.1 Å². The second-order valence-corrected chi connectivity index (χ2v) is 7.79. The largest absolute Gasteiger partial charge is 0.469 e. The Bertz CT molecular complexity index is 1080. The van der Waals surface area contributed by atoms with E-state index >= 15 is 0 Å². The van der Waals surface area contributed by atoms with Crippen molar-refractivity contribution in [2.24, 2.45) is 5.92 Å². The first-order valence-corrected chi connectivity index (χ1v) is 10.5. The number of rotatable bonds is 5. The summed E-state index contributed by atoms with van der Waals surface area (Å²) in [5.41, 5.74) is 1.19. The van der Waals surface area contributed by atoms with E-state index in [9.17, 15) is 24.0 Å². The molecule has 0 unspecified atom stereocenters. The van der Waals surface area contributed by atoms with Gasteiger partial charge >= 0.3 is 11.9 Å². The maximum absolute atomic E-state index is 12.6. The number of benzene rings is 2. The van der Waals surface area contributed by atoms with Gasteiger partial charge in [0, 0.05) is 13.1 Å². The lowest BCUT2D eigenvalue weighted by atomic mass is 9.97. The van der Waals surface area contributed by atoms with Gasteiger partial charge in [-0.25, -0.2) is 9.69 Å². The zero-order valence-electron chi connectivity index (χ0n) is 18.0. The minimum Gasteiger partial charge on any atom is -0.469 e. The van der Waals surface area contributed by atoms with Crippen LogP contribution in [-0.4, -0.2) is 61.4 Å². The molecule has 2 aromatic carbocycles. The molecule has 0 bridgehead atoms. The Hall–Kier alpha value is -4.01. The van der Waals surface area contributed by atoms with Crippen LogP contribution in [0.25, 0.3) is 0 Å². The molecule has 2 aliphatic rings. The zero-order chi connectivity index (χ0) is 23.5. The van der Waals surface area contributed by atoms with Crippen LogP contribution < -0.4 is 4.90 Å². The van der Waals surface area contributed by atoms with E-state index in [0.717, 1.165) is 4.90 Å². The lowest BCUT2D eigenvalue weighted by Gasteiger charge is -2.30. The molecule has 0 radical (unpaired) electrons. The molecular weight excluding hydrogens is 428 g/mol. The molecule has 0 aromatic heterocycles. The second kappa shape index (κ2) is 9.23. The van der Waals surface area contributed by atoms with Gasteiger partial charge in [-0.05, 0) is 49.2 Å². The number of piperidine rings is 1. The van der Waals surface area contributed by atoms with Crippen LogP contribution in [0.1, 0.15) is 43.9 Å². The molecule has 9 nitrogen and oxygen atoms in total. The van der Waals surface area contributed by atoms with Crippen LogP contribution >= 0.6 is 0 Å². The number of nitrogens with zero attached hydrogens (tertiary/aromatic N) is 2. The van der Waals surface area contributed by atoms with E-state index in [-0.39, 0.29) is 23.4 Å². The number of amides is 3. The molecule has 2 aromatic rings. The molecule has 0 saturated carbocycles. The molecule has 0 spiro atoms. The Morgan fingerprint density at radius 3 is 2.03 bits per heavy atom. The van der Waals surface area contributed by atoms with Gasteiger partial charge in [-0.3, -0.25) is 19.2 Å². The summed E-state index contributed by atoms with van der Waals surface area (Å²) in [6, 6.07) is 12.4. The fourth-order valence-electron chi connectivity index (χ4n) is 4.00. The Labute approximate surface area is 189 Å². The van der Waals surface area contributed by atoms with Crippen molar-refractivity contribution in [3.8, 4) is 0 Å². The Kier molecular flexibility index (Phi) is 6.21. The third-order valence-electron chi connectivity index (χ3n) is 5.86. The summed E-state index contributed by atoms with van der Waals surface area (Å²) in [6.07, 6.45) is 1.01. The molecule has 9 heteroatoms. The number of hydrogen-bond acceptors (Lipinski definition) is 7. The highest BCUT2D eigenvalue weighted by Crippen LogP contribution is 2.28. The van der Waals surface area contributed by atoms with Crippen LogP contribution in [0.5, 0.6) is 0 Å². The highest BCUT2D eigenvalue weighted by Gasteiger charge is 2.36. The zero-order valence-corrected chi connectivity index (χ0v) is 18.0. The van der Waals surface area contributed by atoms with E-state index in [1.165, 1.54) is 31.4 Å². The lowest BCUT2D eigenvalue weighted by Crippen LogP contribution is -2.42. The normalized spacial score (nSPS) is 15.9. The minimum absolute atomic E-state index is 0.188. The van der Waals surface area contributed by atoms with E-state index in [1.54, 1.807) is 29.2 Å². The summed E-state index contributed by atoms with van der Waals surface area (Å²) >= 11 is 0. The monoisotopic (exact) mass is 450 g/mol. The number of carbonyl (C=O) groups is 5. The summed E-state index contributed by atoms with van der Waals surface area (Å²) in [6.45, 7) is 0.373. The van der Waals surface area contributed by atoms with Gasteiger partial charge in [0.25, 0.3) is 17.7 Å². The van der Waals surface area contributed by atoms with E-state index in [4.69, 9.17) is 9.47 Å². The van der Waals surface area contributed by atoms with Gasteiger partial charge in [-0.15, -0.1) is 0 Å². The van der Waals surface area contributed by atoms with Crippen LogP contribution in [0.2, 0.25) is 0 Å². The first kappa shape index (κ1) is 22.2. The van der Waals surface area contributed by atoms with Gasteiger partial charge in [0.05, 0.1) is 35.4 Å². The molecule has 2 heterocycles. The van der Waals surface area contributed by atoms with Crippen LogP contribution in [0.4, 0.5) is 5.69 Å². The quantitative estimate of drug-likeness (QED) is 0.506. The first-order chi connectivity index (χ1) is 15.9. The number of ether oxygens (including phenoxy) is 2. The van der Waals surface area contributed by atoms with E-state index in [2.05, 4.69) is 0 Å². The van der Waals surface area contributed by atoms with Crippen molar-refractivity contribution in [3.05, 3.63) is 65.2 Å². The minimum atomic E-state index is -0.693. The molecule has 1 fully saturated rings. The number of likely N-dealkylation sites (tertiary alicyclic amines) is 1. The van der Waals surface area contributed by atoms with Gasteiger partial charge < -0.3 is 14.4 Å². The van der Waals surface area contributed by atoms with Crippen molar-refractivity contribution in [1.82, 2.24) is 4.90 Å². The Balaban J connectivity index is 1.32. The summed E-state index contributed by atoms with van der Waals surface area (Å²) < 4.78 is 9.86. The van der Waals surface area contributed by atoms with Crippen molar-refractivity contribution in [2.75, 3.05) is 31.7 Å². The van der Waals surface area contributed by atoms with Crippen molar-refractivity contribution in [2.45, 2.75) is 12.8 Å². The smallest absolute Gasteiger partial charge is 0.338 e. The Morgan fingerprint density at radius 1 is 0.909 bits per heavy atom. The standard InChI is InChI=1S/C24H22N2O7/c1-32-23(30)16-10-12-25(13-11-16)20(27)14-33-24(31)15-6-8-17(9-7-15)26-21(28)18-4-2-3-5-19(18)22(26)29/h2-9,16H,10-14H2,1H3. The van der Waals surface area contributed by atoms with E-state index < -0.39 is 24.4 Å². The van der Waals surface area contributed by atoms with E-state index in [1.807, 2.05) is 0 Å². The first-order valence-electron chi connectivity index (χ1n) is 10.5. The van der Waals surface area contributed by atoms with Crippen LogP contribution in [0.15, 0.2) is 48.5 Å². The number of fused-ring (bicyclic) bond motifs is 1. The summed E-state index contributed by atoms with van der Waals surface area (Å²) in [5.74, 6) is -2.38. The summed E-state index contributed by atoms with van der Waals surface area (Å²) in [7, 11) is 1.34. The van der Waals surface area contributed by atoms with Crippen LogP contribution in [-0.2, 0) is 19.1 Å². The highest BCUT2D eigenvalue weighted by atomic mass is 16.5. The number of carbonyl (C=O) groups excluding carboxylic acids is 5. The third kappa shape index (κ3) is 4.34. The van der Waals surface area contributed by atoms with Crippen molar-refractivity contribution < 1.29 is 33.4 Å². The molecule has 4 rings (SSSR count). The number of anilines is 1. The molecule has 2 aliphatic heterocycles. The SMILES string of the molecule is COC(=O)C1CCN(C(=O)COC(=O)c2ccc(N3C(=O)c4ccccc4C3=O)cc2)CC1. The number of esters is 2. The third-order valence-corrected chi connectivity index (χ3v) is 5.86. The van der Waals surface area contributed by atoms with E-state index in [0.29, 0.717) is 42.7 Å². The molecule has 0 atom stereocenters. The predicted molar refractivity (Wildman–Crippen MR) is 116 cm³/mol. The van der Waals surface area contributed by atoms with Gasteiger partial charge in [-0.2, -0.15) is 0 Å². The highest BCUT2D eigenvalue weighted by molar-refractivity contribution is 6.34. The summed E-state index contributed by atoms with van der Waals surface area (Å²) in [4.78, 5) is 64.0. The average molecular weight is 450 g/mol. The van der Waals surface area contributed by atoms with Crippen LogP contribution in [0, 0.1) is 5.92 Å². The lowest BCUT2D eigenvalue weighted by molar-refractivity contribution is -0.149. The summed E-state index contributed by atoms with van der Waals surface area (Å²) in [5, 5.41) is 0. The maximum Gasteiger partial charge on any atom is 0.338 e. The number of methoxy groups -OCH3 is 1. The van der Waals surface area contributed by atoms with Gasteiger partial charge in [0.1, 0.15) is 0 Å². The molecule has 0 N–H and O–H groups in total. The molecule has 0 aliphatic carbocycles. The topological polar surface area (TPSA) is 110 Å². The molecule has 33 heavy (non-hydrogen) atoms. The molecule has 1 saturated heterocycles. The molecular formula is C24H22N2O7. The van der Waals surface area contributed by atoms with Crippen LogP contribution in [0.3, 0.4) is 0 Å². The van der Waals surface area contributed by atoms with Gasteiger partial charge in [0.15, 0.2) is 6.61 Å². The van der Waals surface area contributed by atoms with Crippen molar-refractivity contribution in [3.63, 3.8) is 0 Å². The fourth-order valence-corrected chi connectivity index (χ4v) is 4.00. The predicted octanol–water partition coefficient (Wildman–Crippen LogP) is 2.06.